The van der Waals surface area contributed by atoms with E-state index in [0.717, 1.165) is 32.1 Å². The van der Waals surface area contributed by atoms with Gasteiger partial charge in [-0.1, -0.05) is 109 Å². The van der Waals surface area contributed by atoms with Gasteiger partial charge in [0.2, 0.25) is 5.91 Å². The second-order valence-electron chi connectivity index (χ2n) is 8.40. The molecule has 1 amide bonds. The van der Waals surface area contributed by atoms with Gasteiger partial charge in [-0.3, -0.25) is 4.79 Å². The van der Waals surface area contributed by atoms with Gasteiger partial charge < -0.3 is 15.5 Å². The van der Waals surface area contributed by atoms with Crippen LogP contribution in [0.25, 0.3) is 0 Å². The summed E-state index contributed by atoms with van der Waals surface area (Å²) in [6.07, 6.45) is 25.3. The molecule has 0 aromatic carbocycles. The molecule has 2 unspecified atom stereocenters. The molecule has 0 aromatic heterocycles. The van der Waals surface area contributed by atoms with Crippen LogP contribution in [0.1, 0.15) is 117 Å². The molecule has 0 fully saturated rings. The van der Waals surface area contributed by atoms with E-state index in [1.165, 1.54) is 64.2 Å². The standard InChI is InChI=1S/C26H49NO3/c1-3-5-7-9-11-13-14-16-18-20-22-26(30)27-24(23-28)25(29)21-19-17-15-12-10-8-6-4-2/h10,12,19,21,24-25,28-29H,3-9,11,13-18,20,22-23H2,1-2H3,(H,27,30)/b12-10+,21-19+. The van der Waals surface area contributed by atoms with Gasteiger partial charge in [0.1, 0.15) is 0 Å². The fraction of sp³-hybridized carbons (Fsp3) is 0.808. The van der Waals surface area contributed by atoms with Crippen LogP contribution in [-0.4, -0.2) is 34.9 Å². The highest BCUT2D eigenvalue weighted by Crippen LogP contribution is 2.11. The van der Waals surface area contributed by atoms with Gasteiger partial charge in [-0.25, -0.2) is 0 Å². The number of carbonyl (C=O) groups is 1. The molecule has 0 aliphatic carbocycles. The number of hydrogen-bond acceptors (Lipinski definition) is 3. The van der Waals surface area contributed by atoms with E-state index in [1.54, 1.807) is 6.08 Å². The Morgan fingerprint density at radius 1 is 0.767 bits per heavy atom. The van der Waals surface area contributed by atoms with Crippen molar-refractivity contribution in [2.24, 2.45) is 0 Å². The number of allylic oxidation sites excluding steroid dienone is 3. The molecule has 0 bridgehead atoms. The van der Waals surface area contributed by atoms with E-state index in [2.05, 4.69) is 31.3 Å². The number of nitrogens with one attached hydrogen (secondary N) is 1. The van der Waals surface area contributed by atoms with Gasteiger partial charge in [0.15, 0.2) is 0 Å². The van der Waals surface area contributed by atoms with E-state index in [-0.39, 0.29) is 12.5 Å². The zero-order chi connectivity index (χ0) is 22.3. The molecule has 0 saturated carbocycles. The predicted octanol–water partition coefficient (Wildman–Crippen LogP) is 6.22. The first-order valence-electron chi connectivity index (χ1n) is 12.6. The SMILES string of the molecule is CCCC/C=C/CC/C=C/C(O)C(CO)NC(=O)CCCCCCCCCCCC. The van der Waals surface area contributed by atoms with Crippen LogP contribution in [-0.2, 0) is 4.79 Å². The van der Waals surface area contributed by atoms with Crippen molar-refractivity contribution < 1.29 is 15.0 Å². The van der Waals surface area contributed by atoms with Gasteiger partial charge in [-0.05, 0) is 25.7 Å². The molecule has 4 nitrogen and oxygen atoms in total. The fourth-order valence-corrected chi connectivity index (χ4v) is 3.41. The van der Waals surface area contributed by atoms with Crippen molar-refractivity contribution in [2.45, 2.75) is 129 Å². The topological polar surface area (TPSA) is 69.6 Å². The van der Waals surface area contributed by atoms with Crippen molar-refractivity contribution in [1.82, 2.24) is 5.32 Å². The lowest BCUT2D eigenvalue weighted by atomic mass is 10.1. The Morgan fingerprint density at radius 3 is 1.90 bits per heavy atom. The van der Waals surface area contributed by atoms with Crippen molar-refractivity contribution in [1.29, 1.82) is 0 Å². The summed E-state index contributed by atoms with van der Waals surface area (Å²) in [5.74, 6) is -0.0834. The number of carbonyl (C=O) groups excluding carboxylic acids is 1. The Labute approximate surface area is 186 Å². The van der Waals surface area contributed by atoms with Crippen LogP contribution in [0.2, 0.25) is 0 Å². The van der Waals surface area contributed by atoms with E-state index in [0.29, 0.717) is 6.42 Å². The summed E-state index contributed by atoms with van der Waals surface area (Å²) in [5.41, 5.74) is 0. The molecule has 3 N–H and O–H groups in total. The Balaban J connectivity index is 3.80. The maximum atomic E-state index is 12.1. The first-order valence-corrected chi connectivity index (χ1v) is 12.6. The lowest BCUT2D eigenvalue weighted by Gasteiger charge is -2.19. The van der Waals surface area contributed by atoms with Gasteiger partial charge in [-0.15, -0.1) is 0 Å². The molecule has 0 rings (SSSR count). The van der Waals surface area contributed by atoms with Gasteiger partial charge in [0.05, 0.1) is 18.8 Å². The summed E-state index contributed by atoms with van der Waals surface area (Å²) in [4.78, 5) is 12.1. The Morgan fingerprint density at radius 2 is 1.30 bits per heavy atom. The third-order valence-electron chi connectivity index (χ3n) is 5.44. The Kier molecular flexibility index (Phi) is 21.7. The first kappa shape index (κ1) is 28.9. The van der Waals surface area contributed by atoms with E-state index in [9.17, 15) is 15.0 Å². The van der Waals surface area contributed by atoms with Crippen LogP contribution >= 0.6 is 0 Å². The molecule has 0 saturated heterocycles. The molecule has 30 heavy (non-hydrogen) atoms. The van der Waals surface area contributed by atoms with E-state index < -0.39 is 12.1 Å². The highest BCUT2D eigenvalue weighted by molar-refractivity contribution is 5.76. The zero-order valence-electron chi connectivity index (χ0n) is 19.8. The van der Waals surface area contributed by atoms with Crippen molar-refractivity contribution in [2.75, 3.05) is 6.61 Å². The summed E-state index contributed by atoms with van der Waals surface area (Å²) in [6.45, 7) is 4.17. The van der Waals surface area contributed by atoms with E-state index in [4.69, 9.17) is 0 Å². The number of aliphatic hydroxyl groups is 2. The molecule has 0 aliphatic rings. The molecule has 2 atom stereocenters. The van der Waals surface area contributed by atoms with Crippen LogP contribution in [0, 0.1) is 0 Å². The van der Waals surface area contributed by atoms with E-state index >= 15 is 0 Å². The second-order valence-corrected chi connectivity index (χ2v) is 8.40. The maximum Gasteiger partial charge on any atom is 0.220 e. The van der Waals surface area contributed by atoms with Gasteiger partial charge in [0.25, 0.3) is 0 Å². The lowest BCUT2D eigenvalue weighted by Crippen LogP contribution is -2.45. The molecule has 176 valence electrons. The van der Waals surface area contributed by atoms with Crippen LogP contribution < -0.4 is 5.32 Å². The molecule has 0 aliphatic heterocycles. The normalized spacial score (nSPS) is 13.9. The number of amides is 1. The van der Waals surface area contributed by atoms with Crippen LogP contribution in [0.3, 0.4) is 0 Å². The fourth-order valence-electron chi connectivity index (χ4n) is 3.41. The second kappa shape index (κ2) is 22.6. The third-order valence-corrected chi connectivity index (χ3v) is 5.44. The van der Waals surface area contributed by atoms with Crippen molar-refractivity contribution >= 4 is 5.91 Å². The van der Waals surface area contributed by atoms with Crippen molar-refractivity contribution in [3.8, 4) is 0 Å². The third kappa shape index (κ3) is 18.9. The minimum Gasteiger partial charge on any atom is -0.394 e. The van der Waals surface area contributed by atoms with Crippen molar-refractivity contribution in [3.05, 3.63) is 24.3 Å². The average molecular weight is 424 g/mol. The number of rotatable bonds is 21. The number of hydrogen-bond donors (Lipinski definition) is 3. The highest BCUT2D eigenvalue weighted by Gasteiger charge is 2.17. The minimum atomic E-state index is -0.851. The summed E-state index contributed by atoms with van der Waals surface area (Å²) in [5, 5.41) is 22.5. The molecule has 0 spiro atoms. The summed E-state index contributed by atoms with van der Waals surface area (Å²) in [7, 11) is 0. The monoisotopic (exact) mass is 423 g/mol. The maximum absolute atomic E-state index is 12.1. The van der Waals surface area contributed by atoms with Crippen LogP contribution in [0.4, 0.5) is 0 Å². The molecular weight excluding hydrogens is 374 g/mol. The average Bonchev–Trinajstić information content (AvgIpc) is 2.75. The molecule has 4 heteroatoms. The highest BCUT2D eigenvalue weighted by atomic mass is 16.3. The quantitative estimate of drug-likeness (QED) is 0.152. The van der Waals surface area contributed by atoms with Crippen LogP contribution in [0.15, 0.2) is 24.3 Å². The molecule has 0 radical (unpaired) electrons. The number of aliphatic hydroxyl groups excluding tert-OH is 2. The molecular formula is C26H49NO3. The predicted molar refractivity (Wildman–Crippen MR) is 129 cm³/mol. The molecule has 0 heterocycles. The first-order chi connectivity index (χ1) is 14.7. The summed E-state index contributed by atoms with van der Waals surface area (Å²) in [6, 6.07) is -0.628. The van der Waals surface area contributed by atoms with Gasteiger partial charge in [-0.2, -0.15) is 0 Å². The van der Waals surface area contributed by atoms with Gasteiger partial charge in [0, 0.05) is 6.42 Å². The molecule has 0 aromatic rings. The van der Waals surface area contributed by atoms with Gasteiger partial charge >= 0.3 is 0 Å². The Hall–Kier alpha value is -1.13. The lowest BCUT2D eigenvalue weighted by molar-refractivity contribution is -0.123. The summed E-state index contributed by atoms with van der Waals surface area (Å²) >= 11 is 0. The smallest absolute Gasteiger partial charge is 0.220 e. The Bertz CT molecular complexity index is 434. The zero-order valence-corrected chi connectivity index (χ0v) is 19.8. The van der Waals surface area contributed by atoms with Crippen LogP contribution in [0.5, 0.6) is 0 Å². The number of unbranched alkanes of at least 4 members (excludes halogenated alkanes) is 12. The largest absolute Gasteiger partial charge is 0.394 e. The van der Waals surface area contributed by atoms with E-state index in [1.807, 2.05) is 6.08 Å². The minimum absolute atomic E-state index is 0.0834. The summed E-state index contributed by atoms with van der Waals surface area (Å²) < 4.78 is 0. The van der Waals surface area contributed by atoms with Crippen molar-refractivity contribution in [3.63, 3.8) is 0 Å².